The molecule has 0 saturated heterocycles. The number of allylic oxidation sites excluding steroid dienone is 2. The molecule has 104 valence electrons. The van der Waals surface area contributed by atoms with Gasteiger partial charge < -0.3 is 9.80 Å². The molecule has 0 bridgehead atoms. The number of aromatic nitrogens is 1. The van der Waals surface area contributed by atoms with E-state index in [1.165, 1.54) is 11.1 Å². The quantitative estimate of drug-likeness (QED) is 0.836. The zero-order valence-electron chi connectivity index (χ0n) is 12.2. The Balaban J connectivity index is 1.74. The molecule has 1 aromatic rings. The van der Waals surface area contributed by atoms with Gasteiger partial charge in [-0.25, -0.2) is 0 Å². The largest absolute Gasteiger partial charge is 0.369 e. The molecule has 0 fully saturated rings. The first kappa shape index (κ1) is 13.1. The van der Waals surface area contributed by atoms with Gasteiger partial charge in [-0.1, -0.05) is 18.2 Å². The van der Waals surface area contributed by atoms with E-state index in [0.29, 0.717) is 6.04 Å². The van der Waals surface area contributed by atoms with Gasteiger partial charge in [0, 0.05) is 25.5 Å². The third-order valence-electron chi connectivity index (χ3n) is 3.93. The summed E-state index contributed by atoms with van der Waals surface area (Å²) in [4.78, 5) is 9.15. The number of pyridine rings is 1. The van der Waals surface area contributed by atoms with Crippen molar-refractivity contribution in [1.82, 2.24) is 14.8 Å². The standard InChI is InChI=1S/C17H21N3/c1-19(2)11-12-20-10-8-14-6-7-15(13-17(14)20)16-5-3-4-9-18-16/h3-10,17H,11-13H2,1-2H3. The molecule has 0 aromatic carbocycles. The number of likely N-dealkylation sites (N-methyl/N-ethyl adjacent to an activating group) is 1. The molecule has 20 heavy (non-hydrogen) atoms. The Morgan fingerprint density at radius 1 is 1.30 bits per heavy atom. The van der Waals surface area contributed by atoms with E-state index in [2.05, 4.69) is 65.4 Å². The molecule has 2 heterocycles. The van der Waals surface area contributed by atoms with Gasteiger partial charge in [-0.15, -0.1) is 0 Å². The zero-order valence-corrected chi connectivity index (χ0v) is 12.2. The van der Waals surface area contributed by atoms with Crippen LogP contribution in [0, 0.1) is 0 Å². The lowest BCUT2D eigenvalue weighted by Gasteiger charge is -2.30. The topological polar surface area (TPSA) is 19.4 Å². The van der Waals surface area contributed by atoms with Gasteiger partial charge in [0.25, 0.3) is 0 Å². The van der Waals surface area contributed by atoms with Gasteiger partial charge in [-0.3, -0.25) is 4.98 Å². The van der Waals surface area contributed by atoms with Crippen LogP contribution in [0.1, 0.15) is 12.1 Å². The fourth-order valence-electron chi connectivity index (χ4n) is 2.75. The number of hydrogen-bond donors (Lipinski definition) is 0. The lowest BCUT2D eigenvalue weighted by Crippen LogP contribution is -2.34. The molecule has 0 spiro atoms. The van der Waals surface area contributed by atoms with E-state index in [9.17, 15) is 0 Å². The average Bonchev–Trinajstić information content (AvgIpc) is 2.88. The van der Waals surface area contributed by atoms with Crippen LogP contribution in [-0.2, 0) is 0 Å². The summed E-state index contributed by atoms with van der Waals surface area (Å²) in [6.07, 6.45) is 11.8. The van der Waals surface area contributed by atoms with Crippen LogP contribution < -0.4 is 0 Å². The minimum atomic E-state index is 0.483. The fourth-order valence-corrected chi connectivity index (χ4v) is 2.75. The fraction of sp³-hybridized carbons (Fsp3) is 0.353. The van der Waals surface area contributed by atoms with Crippen molar-refractivity contribution >= 4 is 5.57 Å². The molecule has 1 aliphatic carbocycles. The van der Waals surface area contributed by atoms with Gasteiger partial charge in [0.05, 0.1) is 11.7 Å². The summed E-state index contributed by atoms with van der Waals surface area (Å²) in [6.45, 7) is 2.15. The number of fused-ring (bicyclic) bond motifs is 1. The molecule has 3 rings (SSSR count). The third kappa shape index (κ3) is 2.68. The van der Waals surface area contributed by atoms with Crippen molar-refractivity contribution in [2.75, 3.05) is 27.2 Å². The van der Waals surface area contributed by atoms with E-state index in [0.717, 1.165) is 25.2 Å². The Bertz CT molecular complexity index is 555. The molecule has 0 amide bonds. The van der Waals surface area contributed by atoms with E-state index in [-0.39, 0.29) is 0 Å². The van der Waals surface area contributed by atoms with E-state index >= 15 is 0 Å². The molecule has 0 N–H and O–H groups in total. The van der Waals surface area contributed by atoms with Crippen molar-refractivity contribution in [1.29, 1.82) is 0 Å². The van der Waals surface area contributed by atoms with E-state index < -0.39 is 0 Å². The predicted octanol–water partition coefficient (Wildman–Crippen LogP) is 2.55. The number of rotatable bonds is 4. The molecule has 1 atom stereocenters. The first-order valence-corrected chi connectivity index (χ1v) is 7.15. The van der Waals surface area contributed by atoms with Crippen molar-refractivity contribution < 1.29 is 0 Å². The third-order valence-corrected chi connectivity index (χ3v) is 3.93. The molecule has 1 aromatic heterocycles. The zero-order chi connectivity index (χ0) is 13.9. The summed E-state index contributed by atoms with van der Waals surface area (Å²) in [6, 6.07) is 6.60. The molecule has 3 heteroatoms. The molecule has 0 saturated carbocycles. The Morgan fingerprint density at radius 2 is 2.20 bits per heavy atom. The van der Waals surface area contributed by atoms with Gasteiger partial charge in [0.2, 0.25) is 0 Å². The second kappa shape index (κ2) is 5.63. The summed E-state index contributed by atoms with van der Waals surface area (Å²) < 4.78 is 0. The van der Waals surface area contributed by atoms with Crippen molar-refractivity contribution in [3.05, 3.63) is 60.1 Å². The molecular formula is C17H21N3. The summed E-state index contributed by atoms with van der Waals surface area (Å²) in [5, 5.41) is 0. The SMILES string of the molecule is CN(C)CCN1C=CC2=CC=C(c3ccccn3)CC21. The molecule has 2 aliphatic rings. The van der Waals surface area contributed by atoms with Crippen molar-refractivity contribution in [2.24, 2.45) is 0 Å². The van der Waals surface area contributed by atoms with Crippen molar-refractivity contribution in [3.8, 4) is 0 Å². The van der Waals surface area contributed by atoms with Crippen molar-refractivity contribution in [2.45, 2.75) is 12.5 Å². The van der Waals surface area contributed by atoms with Crippen LogP contribution >= 0.6 is 0 Å². The summed E-state index contributed by atoms with van der Waals surface area (Å²) in [5.74, 6) is 0. The summed E-state index contributed by atoms with van der Waals surface area (Å²) >= 11 is 0. The summed E-state index contributed by atoms with van der Waals surface area (Å²) in [7, 11) is 4.24. The van der Waals surface area contributed by atoms with Crippen LogP contribution in [0.5, 0.6) is 0 Å². The van der Waals surface area contributed by atoms with E-state index in [4.69, 9.17) is 0 Å². The van der Waals surface area contributed by atoms with E-state index in [1.807, 2.05) is 12.3 Å². The second-order valence-electron chi connectivity index (χ2n) is 5.65. The summed E-state index contributed by atoms with van der Waals surface area (Å²) in [5.41, 5.74) is 3.85. The lowest BCUT2D eigenvalue weighted by molar-refractivity contribution is 0.281. The van der Waals surface area contributed by atoms with Gasteiger partial charge in [0.15, 0.2) is 0 Å². The normalized spacial score (nSPS) is 20.9. The van der Waals surface area contributed by atoms with Gasteiger partial charge in [-0.2, -0.15) is 0 Å². The van der Waals surface area contributed by atoms with Crippen LogP contribution in [0.15, 0.2) is 54.4 Å². The first-order chi connectivity index (χ1) is 9.74. The molecular weight excluding hydrogens is 246 g/mol. The smallest absolute Gasteiger partial charge is 0.0662 e. The number of nitrogens with zero attached hydrogens (tertiary/aromatic N) is 3. The maximum absolute atomic E-state index is 4.47. The van der Waals surface area contributed by atoms with Gasteiger partial charge >= 0.3 is 0 Å². The molecule has 1 unspecified atom stereocenters. The highest BCUT2D eigenvalue weighted by Gasteiger charge is 2.27. The average molecular weight is 267 g/mol. The number of hydrogen-bond acceptors (Lipinski definition) is 3. The Hall–Kier alpha value is -1.87. The predicted molar refractivity (Wildman–Crippen MR) is 83.1 cm³/mol. The molecule has 3 nitrogen and oxygen atoms in total. The second-order valence-corrected chi connectivity index (χ2v) is 5.65. The van der Waals surface area contributed by atoms with Crippen LogP contribution in [0.25, 0.3) is 5.57 Å². The Labute approximate surface area is 120 Å². The van der Waals surface area contributed by atoms with Crippen LogP contribution in [-0.4, -0.2) is 48.0 Å². The minimum absolute atomic E-state index is 0.483. The van der Waals surface area contributed by atoms with Crippen LogP contribution in [0.2, 0.25) is 0 Å². The molecule has 0 radical (unpaired) electrons. The lowest BCUT2D eigenvalue weighted by atomic mass is 9.92. The highest BCUT2D eigenvalue weighted by molar-refractivity contribution is 5.68. The maximum atomic E-state index is 4.47. The monoisotopic (exact) mass is 267 g/mol. The Kier molecular flexibility index (Phi) is 3.70. The minimum Gasteiger partial charge on any atom is -0.369 e. The van der Waals surface area contributed by atoms with Crippen LogP contribution in [0.4, 0.5) is 0 Å². The van der Waals surface area contributed by atoms with E-state index in [1.54, 1.807) is 0 Å². The first-order valence-electron chi connectivity index (χ1n) is 7.15. The van der Waals surface area contributed by atoms with Gasteiger partial charge in [-0.05, 0) is 49.9 Å². The van der Waals surface area contributed by atoms with Crippen LogP contribution in [0.3, 0.4) is 0 Å². The molecule has 1 aliphatic heterocycles. The highest BCUT2D eigenvalue weighted by atomic mass is 15.2. The Morgan fingerprint density at radius 3 is 2.95 bits per heavy atom. The maximum Gasteiger partial charge on any atom is 0.0662 e. The highest BCUT2D eigenvalue weighted by Crippen LogP contribution is 2.33. The van der Waals surface area contributed by atoms with Gasteiger partial charge in [0.1, 0.15) is 0 Å². The van der Waals surface area contributed by atoms with Crippen molar-refractivity contribution in [3.63, 3.8) is 0 Å².